The van der Waals surface area contributed by atoms with Crippen molar-refractivity contribution in [3.8, 4) is 0 Å². The van der Waals surface area contributed by atoms with Crippen LogP contribution in [0.4, 0.5) is 5.69 Å². The standard InChI is InChI=1S/C26H30N4O4S/c1-2-20-7-5-6-15-29(20)25(31)18-35-24-17-28(23-9-4-3-8-22(23)24)16-14-27-26(32)19-10-12-21(13-11-19)30(33)34/h3-4,8-13,17,20H,2,5-7,14-16,18H2,1H3,(H,27,32). The number of nitrogens with one attached hydrogen (secondary N) is 1. The summed E-state index contributed by atoms with van der Waals surface area (Å²) >= 11 is 1.57. The molecule has 0 bridgehead atoms. The number of non-ortho nitro benzene ring substituents is 1. The maximum absolute atomic E-state index is 12.9. The second-order valence-electron chi connectivity index (χ2n) is 8.70. The molecule has 0 spiro atoms. The van der Waals surface area contributed by atoms with E-state index in [2.05, 4.69) is 27.8 Å². The summed E-state index contributed by atoms with van der Waals surface area (Å²) in [6.45, 7) is 3.98. The maximum Gasteiger partial charge on any atom is 0.269 e. The molecule has 0 saturated carbocycles. The van der Waals surface area contributed by atoms with Gasteiger partial charge in [-0.25, -0.2) is 0 Å². The van der Waals surface area contributed by atoms with Gasteiger partial charge in [0, 0.05) is 65.4 Å². The van der Waals surface area contributed by atoms with Gasteiger partial charge in [-0.2, -0.15) is 0 Å². The van der Waals surface area contributed by atoms with Crippen molar-refractivity contribution >= 4 is 40.2 Å². The fraction of sp³-hybridized carbons (Fsp3) is 0.385. The Hall–Kier alpha value is -3.33. The minimum absolute atomic E-state index is 0.0469. The van der Waals surface area contributed by atoms with Crippen LogP contribution in [0.5, 0.6) is 0 Å². The highest BCUT2D eigenvalue weighted by atomic mass is 32.2. The number of nitro groups is 1. The maximum atomic E-state index is 12.9. The summed E-state index contributed by atoms with van der Waals surface area (Å²) in [5.41, 5.74) is 1.39. The first-order valence-electron chi connectivity index (χ1n) is 12.0. The van der Waals surface area contributed by atoms with E-state index < -0.39 is 4.92 Å². The minimum Gasteiger partial charge on any atom is -0.350 e. The largest absolute Gasteiger partial charge is 0.350 e. The number of hydrogen-bond donors (Lipinski definition) is 1. The predicted octanol–water partition coefficient (Wildman–Crippen LogP) is 4.86. The van der Waals surface area contributed by atoms with Gasteiger partial charge in [-0.3, -0.25) is 19.7 Å². The SMILES string of the molecule is CCC1CCCCN1C(=O)CSc1cn(CCNC(=O)c2ccc([N+](=O)[O-])cc2)c2ccccc12. The van der Waals surface area contributed by atoms with Crippen LogP contribution in [0, 0.1) is 10.1 Å². The Kier molecular flexibility index (Phi) is 8.07. The van der Waals surface area contributed by atoms with Crippen molar-refractivity contribution in [1.82, 2.24) is 14.8 Å². The zero-order valence-corrected chi connectivity index (χ0v) is 20.6. The molecule has 1 unspecified atom stereocenters. The third-order valence-electron chi connectivity index (χ3n) is 6.50. The number of rotatable bonds is 9. The number of piperidine rings is 1. The predicted molar refractivity (Wildman–Crippen MR) is 138 cm³/mol. The molecular weight excluding hydrogens is 464 g/mol. The van der Waals surface area contributed by atoms with E-state index in [4.69, 9.17) is 0 Å². The number of amides is 2. The van der Waals surface area contributed by atoms with Gasteiger partial charge in [0.25, 0.3) is 11.6 Å². The first-order valence-corrected chi connectivity index (χ1v) is 13.0. The molecule has 1 atom stereocenters. The number of nitro benzene ring substituents is 1. The van der Waals surface area contributed by atoms with Crippen LogP contribution < -0.4 is 5.32 Å². The summed E-state index contributed by atoms with van der Waals surface area (Å²) in [5, 5.41) is 14.8. The van der Waals surface area contributed by atoms with Gasteiger partial charge >= 0.3 is 0 Å². The van der Waals surface area contributed by atoms with E-state index in [-0.39, 0.29) is 17.5 Å². The van der Waals surface area contributed by atoms with Crippen molar-refractivity contribution in [3.05, 3.63) is 70.4 Å². The zero-order valence-electron chi connectivity index (χ0n) is 19.8. The number of carbonyl (C=O) groups excluding carboxylic acids is 2. The summed E-state index contributed by atoms with van der Waals surface area (Å²) in [7, 11) is 0. The molecule has 0 aliphatic carbocycles. The lowest BCUT2D eigenvalue weighted by atomic mass is 10.0. The highest BCUT2D eigenvalue weighted by Gasteiger charge is 2.25. The molecule has 8 nitrogen and oxygen atoms in total. The average Bonchev–Trinajstić information content (AvgIpc) is 3.24. The number of benzene rings is 2. The molecule has 184 valence electrons. The minimum atomic E-state index is -0.489. The Balaban J connectivity index is 1.38. The molecule has 1 fully saturated rings. The average molecular weight is 495 g/mol. The van der Waals surface area contributed by atoms with Crippen LogP contribution in [0.1, 0.15) is 43.0 Å². The molecule has 3 aromatic rings. The third kappa shape index (κ3) is 5.85. The molecule has 35 heavy (non-hydrogen) atoms. The van der Waals surface area contributed by atoms with E-state index in [1.165, 1.54) is 30.7 Å². The van der Waals surface area contributed by atoms with Gasteiger partial charge in [0.05, 0.1) is 10.7 Å². The Morgan fingerprint density at radius 2 is 1.91 bits per heavy atom. The van der Waals surface area contributed by atoms with Crippen molar-refractivity contribution in [2.75, 3.05) is 18.8 Å². The molecule has 9 heteroatoms. The van der Waals surface area contributed by atoms with Gasteiger partial charge in [0.15, 0.2) is 0 Å². The summed E-state index contributed by atoms with van der Waals surface area (Å²) in [6, 6.07) is 14.0. The second kappa shape index (κ2) is 11.4. The van der Waals surface area contributed by atoms with Gasteiger partial charge in [0.1, 0.15) is 0 Å². The lowest BCUT2D eigenvalue weighted by Crippen LogP contribution is -2.44. The van der Waals surface area contributed by atoms with Crippen LogP contribution in [-0.4, -0.2) is 51.1 Å². The second-order valence-corrected chi connectivity index (χ2v) is 9.71. The van der Waals surface area contributed by atoms with Gasteiger partial charge in [-0.05, 0) is 43.9 Å². The molecule has 2 heterocycles. The van der Waals surface area contributed by atoms with Crippen molar-refractivity contribution in [2.45, 2.75) is 50.1 Å². The summed E-state index contributed by atoms with van der Waals surface area (Å²) in [4.78, 5) is 38.8. The monoisotopic (exact) mass is 494 g/mol. The molecule has 2 aromatic carbocycles. The van der Waals surface area contributed by atoms with Crippen molar-refractivity contribution < 1.29 is 14.5 Å². The molecule has 1 aliphatic heterocycles. The summed E-state index contributed by atoms with van der Waals surface area (Å²) in [5.74, 6) is 0.346. The van der Waals surface area contributed by atoms with E-state index in [1.54, 1.807) is 11.8 Å². The quantitative estimate of drug-likeness (QED) is 0.260. The fourth-order valence-corrected chi connectivity index (χ4v) is 5.59. The molecule has 1 saturated heterocycles. The molecule has 1 N–H and O–H groups in total. The van der Waals surface area contributed by atoms with Crippen LogP contribution in [0.15, 0.2) is 59.6 Å². The number of nitrogens with zero attached hydrogens (tertiary/aromatic N) is 3. The highest BCUT2D eigenvalue weighted by molar-refractivity contribution is 8.00. The van der Waals surface area contributed by atoms with E-state index in [0.717, 1.165) is 41.6 Å². The smallest absolute Gasteiger partial charge is 0.269 e. The summed E-state index contributed by atoms with van der Waals surface area (Å²) in [6.07, 6.45) is 6.43. The van der Waals surface area contributed by atoms with Gasteiger partial charge < -0.3 is 14.8 Å². The number of hydrogen-bond acceptors (Lipinski definition) is 5. The van der Waals surface area contributed by atoms with Gasteiger partial charge in [-0.15, -0.1) is 11.8 Å². The summed E-state index contributed by atoms with van der Waals surface area (Å²) < 4.78 is 2.09. The van der Waals surface area contributed by atoms with Crippen LogP contribution in [-0.2, 0) is 11.3 Å². The lowest BCUT2D eigenvalue weighted by Gasteiger charge is -2.35. The molecule has 2 amide bonds. The van der Waals surface area contributed by atoms with Crippen molar-refractivity contribution in [2.24, 2.45) is 0 Å². The first kappa shape index (κ1) is 24.8. The number of carbonyl (C=O) groups is 2. The van der Waals surface area contributed by atoms with Crippen molar-refractivity contribution in [1.29, 1.82) is 0 Å². The highest BCUT2D eigenvalue weighted by Crippen LogP contribution is 2.31. The Bertz CT molecular complexity index is 1210. The van der Waals surface area contributed by atoms with Crippen molar-refractivity contribution in [3.63, 3.8) is 0 Å². The number of fused-ring (bicyclic) bond motifs is 1. The lowest BCUT2D eigenvalue weighted by molar-refractivity contribution is -0.384. The molecule has 4 rings (SSSR count). The zero-order chi connectivity index (χ0) is 24.8. The van der Waals surface area contributed by atoms with E-state index in [9.17, 15) is 19.7 Å². The van der Waals surface area contributed by atoms with Gasteiger partial charge in [-0.1, -0.05) is 25.1 Å². The number of para-hydroxylation sites is 1. The Labute approximate surface area is 208 Å². The molecular formula is C26H30N4O4S. The van der Waals surface area contributed by atoms with E-state index in [0.29, 0.717) is 30.4 Å². The van der Waals surface area contributed by atoms with E-state index in [1.807, 2.05) is 24.4 Å². The van der Waals surface area contributed by atoms with Crippen LogP contribution in [0.25, 0.3) is 10.9 Å². The fourth-order valence-electron chi connectivity index (χ4n) is 4.62. The first-order chi connectivity index (χ1) is 17.0. The van der Waals surface area contributed by atoms with Gasteiger partial charge in [0.2, 0.25) is 5.91 Å². The number of thioether (sulfide) groups is 1. The Morgan fingerprint density at radius 1 is 1.14 bits per heavy atom. The molecule has 0 radical (unpaired) electrons. The molecule has 1 aliphatic rings. The topological polar surface area (TPSA) is 97.5 Å². The third-order valence-corrected chi connectivity index (χ3v) is 7.53. The van der Waals surface area contributed by atoms with Crippen LogP contribution in [0.2, 0.25) is 0 Å². The number of likely N-dealkylation sites (tertiary alicyclic amines) is 1. The van der Waals surface area contributed by atoms with E-state index >= 15 is 0 Å². The normalized spacial score (nSPS) is 15.8. The number of aromatic nitrogens is 1. The van der Waals surface area contributed by atoms with Crippen LogP contribution >= 0.6 is 11.8 Å². The van der Waals surface area contributed by atoms with Crippen LogP contribution in [0.3, 0.4) is 0 Å². The molecule has 1 aromatic heterocycles. The Morgan fingerprint density at radius 3 is 2.66 bits per heavy atom.